The molecule has 1 aliphatic heterocycles. The minimum absolute atomic E-state index is 0.00979. The van der Waals surface area contributed by atoms with Crippen LogP contribution in [0.2, 0.25) is 0 Å². The van der Waals surface area contributed by atoms with Gasteiger partial charge in [0, 0.05) is 18.5 Å². The molecule has 0 fully saturated rings. The van der Waals surface area contributed by atoms with Gasteiger partial charge >= 0.3 is 5.97 Å². The first-order valence-corrected chi connectivity index (χ1v) is 8.18. The number of anilines is 1. The quantitative estimate of drug-likeness (QED) is 0.566. The van der Waals surface area contributed by atoms with Crippen LogP contribution in [0.25, 0.3) is 0 Å². The van der Waals surface area contributed by atoms with Crippen molar-refractivity contribution >= 4 is 23.3 Å². The van der Waals surface area contributed by atoms with E-state index in [1.807, 2.05) is 13.8 Å². The van der Waals surface area contributed by atoms with Crippen molar-refractivity contribution in [1.29, 1.82) is 0 Å². The Balaban J connectivity index is 2.16. The normalized spacial score (nSPS) is 13.5. The lowest BCUT2D eigenvalue weighted by atomic mass is 10.0. The predicted octanol–water partition coefficient (Wildman–Crippen LogP) is 2.59. The number of fused-ring (bicyclic) bond motifs is 1. The highest BCUT2D eigenvalue weighted by molar-refractivity contribution is 6.02. The van der Waals surface area contributed by atoms with Crippen molar-refractivity contribution in [2.45, 2.75) is 33.6 Å². The van der Waals surface area contributed by atoms with Gasteiger partial charge in [0.15, 0.2) is 12.4 Å². The van der Waals surface area contributed by atoms with Gasteiger partial charge < -0.3 is 14.4 Å². The molecule has 0 aliphatic carbocycles. The fraction of sp³-hybridized carbons (Fsp3) is 0.500. The molecule has 1 heterocycles. The third-order valence-corrected chi connectivity index (χ3v) is 3.63. The number of ketones is 1. The van der Waals surface area contributed by atoms with Crippen LogP contribution in [-0.2, 0) is 14.3 Å². The number of hydrogen-bond donors (Lipinski definition) is 0. The lowest BCUT2D eigenvalue weighted by Gasteiger charge is -2.31. The van der Waals surface area contributed by atoms with Gasteiger partial charge in [0.1, 0.15) is 5.75 Å². The van der Waals surface area contributed by atoms with Crippen molar-refractivity contribution in [2.75, 3.05) is 24.7 Å². The van der Waals surface area contributed by atoms with Crippen molar-refractivity contribution in [2.24, 2.45) is 5.92 Å². The summed E-state index contributed by atoms with van der Waals surface area (Å²) in [4.78, 5) is 37.5. The standard InChI is InChI=1S/C18H23NO5/c1-4-23-18(22)8-6-15(20)13-5-7-16-14(9-13)19(10-12(2)3)17(21)11-24-16/h5,7,9,12H,4,6,8,10-11H2,1-3H3. The number of carbonyl (C=O) groups excluding carboxylic acids is 3. The molecule has 0 bridgehead atoms. The summed E-state index contributed by atoms with van der Waals surface area (Å²) in [5.41, 5.74) is 1.08. The summed E-state index contributed by atoms with van der Waals surface area (Å²) in [7, 11) is 0. The SMILES string of the molecule is CCOC(=O)CCC(=O)c1ccc2c(c1)N(CC(C)C)C(=O)CO2. The molecule has 0 unspecified atom stereocenters. The zero-order chi connectivity index (χ0) is 17.7. The minimum Gasteiger partial charge on any atom is -0.482 e. The predicted molar refractivity (Wildman–Crippen MR) is 89.3 cm³/mol. The Labute approximate surface area is 141 Å². The first-order valence-electron chi connectivity index (χ1n) is 8.18. The first kappa shape index (κ1) is 18.0. The molecular weight excluding hydrogens is 310 g/mol. The molecule has 24 heavy (non-hydrogen) atoms. The Kier molecular flexibility index (Phi) is 5.95. The zero-order valence-electron chi connectivity index (χ0n) is 14.3. The Hall–Kier alpha value is -2.37. The van der Waals surface area contributed by atoms with E-state index in [0.29, 0.717) is 36.1 Å². The smallest absolute Gasteiger partial charge is 0.306 e. The number of benzene rings is 1. The summed E-state index contributed by atoms with van der Waals surface area (Å²) in [6, 6.07) is 5.03. The molecule has 0 spiro atoms. The topological polar surface area (TPSA) is 72.9 Å². The molecule has 0 saturated carbocycles. The van der Waals surface area contributed by atoms with E-state index in [9.17, 15) is 14.4 Å². The maximum atomic E-state index is 12.3. The van der Waals surface area contributed by atoms with Gasteiger partial charge in [0.05, 0.1) is 18.7 Å². The monoisotopic (exact) mass is 333 g/mol. The molecule has 1 amide bonds. The summed E-state index contributed by atoms with van der Waals surface area (Å²) >= 11 is 0. The third-order valence-electron chi connectivity index (χ3n) is 3.63. The van der Waals surface area contributed by atoms with Crippen molar-refractivity contribution in [1.82, 2.24) is 0 Å². The highest BCUT2D eigenvalue weighted by Gasteiger charge is 2.27. The first-order chi connectivity index (χ1) is 11.4. The second-order valence-electron chi connectivity index (χ2n) is 6.10. The summed E-state index contributed by atoms with van der Waals surface area (Å²) in [5, 5.41) is 0. The number of nitrogens with zero attached hydrogens (tertiary/aromatic N) is 1. The number of Topliss-reactive ketones (excluding diaryl/α,β-unsaturated/α-hetero) is 1. The van der Waals surface area contributed by atoms with Crippen molar-refractivity contribution in [3.8, 4) is 5.75 Å². The fourth-order valence-electron chi connectivity index (χ4n) is 2.53. The number of esters is 1. The zero-order valence-corrected chi connectivity index (χ0v) is 14.3. The van der Waals surface area contributed by atoms with Crippen LogP contribution in [0.1, 0.15) is 44.0 Å². The Morgan fingerprint density at radius 3 is 2.71 bits per heavy atom. The number of amides is 1. The lowest BCUT2D eigenvalue weighted by Crippen LogP contribution is -2.41. The van der Waals surface area contributed by atoms with Gasteiger partial charge in [-0.3, -0.25) is 14.4 Å². The average molecular weight is 333 g/mol. The average Bonchev–Trinajstić information content (AvgIpc) is 2.55. The van der Waals surface area contributed by atoms with Gasteiger partial charge in [0.25, 0.3) is 5.91 Å². The third kappa shape index (κ3) is 4.34. The summed E-state index contributed by atoms with van der Waals surface area (Å²) in [5.74, 6) is 0.227. The van der Waals surface area contributed by atoms with Crippen molar-refractivity contribution in [3.05, 3.63) is 23.8 Å². The fourth-order valence-corrected chi connectivity index (χ4v) is 2.53. The van der Waals surface area contributed by atoms with Crippen LogP contribution in [-0.4, -0.2) is 37.4 Å². The van der Waals surface area contributed by atoms with Crippen LogP contribution < -0.4 is 9.64 Å². The van der Waals surface area contributed by atoms with Crippen molar-refractivity contribution in [3.63, 3.8) is 0 Å². The van der Waals surface area contributed by atoms with Crippen LogP contribution in [0.5, 0.6) is 5.75 Å². The second-order valence-corrected chi connectivity index (χ2v) is 6.10. The largest absolute Gasteiger partial charge is 0.482 e. The van der Waals surface area contributed by atoms with E-state index in [1.54, 1.807) is 30.0 Å². The molecule has 2 rings (SSSR count). The van der Waals surface area contributed by atoms with Gasteiger partial charge in [0.2, 0.25) is 0 Å². The second kappa shape index (κ2) is 7.95. The Morgan fingerprint density at radius 1 is 1.29 bits per heavy atom. The molecule has 0 N–H and O–H groups in total. The van der Waals surface area contributed by atoms with Crippen molar-refractivity contribution < 1.29 is 23.9 Å². The van der Waals surface area contributed by atoms with Gasteiger partial charge in [-0.05, 0) is 31.0 Å². The molecule has 0 atom stereocenters. The van der Waals surface area contributed by atoms with E-state index < -0.39 is 0 Å². The van der Waals surface area contributed by atoms with E-state index in [-0.39, 0.29) is 37.1 Å². The lowest BCUT2D eigenvalue weighted by molar-refractivity contribution is -0.143. The summed E-state index contributed by atoms with van der Waals surface area (Å²) in [6.45, 7) is 6.65. The molecule has 6 nitrogen and oxygen atoms in total. The highest BCUT2D eigenvalue weighted by Crippen LogP contribution is 2.33. The van der Waals surface area contributed by atoms with Crippen LogP contribution in [0.3, 0.4) is 0 Å². The molecule has 1 aromatic rings. The molecule has 0 aromatic heterocycles. The Bertz CT molecular complexity index is 638. The Morgan fingerprint density at radius 2 is 2.04 bits per heavy atom. The minimum atomic E-state index is -0.385. The van der Waals surface area contributed by atoms with Crippen LogP contribution in [0, 0.1) is 5.92 Å². The summed E-state index contributed by atoms with van der Waals surface area (Å²) in [6.07, 6.45) is 0.130. The maximum absolute atomic E-state index is 12.3. The van der Waals surface area contributed by atoms with E-state index in [1.165, 1.54) is 0 Å². The van der Waals surface area contributed by atoms with Gasteiger partial charge in [-0.25, -0.2) is 0 Å². The molecule has 6 heteroatoms. The van der Waals surface area contributed by atoms with Gasteiger partial charge in [-0.15, -0.1) is 0 Å². The molecule has 130 valence electrons. The number of rotatable bonds is 7. The summed E-state index contributed by atoms with van der Waals surface area (Å²) < 4.78 is 10.3. The van der Waals surface area contributed by atoms with Crippen LogP contribution in [0.15, 0.2) is 18.2 Å². The van der Waals surface area contributed by atoms with Gasteiger partial charge in [-0.1, -0.05) is 13.8 Å². The number of ether oxygens (including phenoxy) is 2. The van der Waals surface area contributed by atoms with Gasteiger partial charge in [-0.2, -0.15) is 0 Å². The number of carbonyl (C=O) groups is 3. The number of hydrogen-bond acceptors (Lipinski definition) is 5. The molecule has 1 aromatic carbocycles. The van der Waals surface area contributed by atoms with E-state index >= 15 is 0 Å². The molecule has 1 aliphatic rings. The maximum Gasteiger partial charge on any atom is 0.306 e. The van der Waals surface area contributed by atoms with Crippen LogP contribution in [0.4, 0.5) is 5.69 Å². The molecular formula is C18H23NO5. The highest BCUT2D eigenvalue weighted by atomic mass is 16.5. The van der Waals surface area contributed by atoms with E-state index in [4.69, 9.17) is 9.47 Å². The van der Waals surface area contributed by atoms with Crippen LogP contribution >= 0.6 is 0 Å². The van der Waals surface area contributed by atoms with E-state index in [0.717, 1.165) is 0 Å². The molecule has 0 radical (unpaired) electrons. The molecule has 0 saturated heterocycles. The van der Waals surface area contributed by atoms with E-state index in [2.05, 4.69) is 0 Å².